The quantitative estimate of drug-likeness (QED) is 0.335. The molecular formula is C28H25FN6O5. The lowest BCUT2D eigenvalue weighted by Gasteiger charge is -2.13. The summed E-state index contributed by atoms with van der Waals surface area (Å²) in [5.74, 6) is -1.75. The van der Waals surface area contributed by atoms with Crippen molar-refractivity contribution in [3.63, 3.8) is 0 Å². The highest BCUT2D eigenvalue weighted by Crippen LogP contribution is 2.26. The largest absolute Gasteiger partial charge is 0.381 e. The molecule has 0 aliphatic carbocycles. The van der Waals surface area contributed by atoms with Crippen LogP contribution in [0.4, 0.5) is 10.1 Å². The monoisotopic (exact) mass is 544 g/mol. The van der Waals surface area contributed by atoms with Crippen molar-refractivity contribution in [2.75, 3.05) is 5.32 Å². The maximum Gasteiger partial charge on any atom is 0.290 e. The Hall–Kier alpha value is -5.26. The molecule has 3 heterocycles. The van der Waals surface area contributed by atoms with E-state index >= 15 is 4.39 Å². The Morgan fingerprint density at radius 1 is 1.07 bits per heavy atom. The Bertz CT molecular complexity index is 1950. The molecule has 2 aromatic carbocycles. The molecule has 0 saturated carbocycles. The van der Waals surface area contributed by atoms with E-state index in [9.17, 15) is 19.2 Å². The number of primary amides is 1. The van der Waals surface area contributed by atoms with Crippen LogP contribution in [0.15, 0.2) is 62.6 Å². The number of aromatic nitrogens is 4. The Kier molecular flexibility index (Phi) is 6.46. The predicted molar refractivity (Wildman–Crippen MR) is 146 cm³/mol. The summed E-state index contributed by atoms with van der Waals surface area (Å²) < 4.78 is 24.6. The third kappa shape index (κ3) is 4.19. The highest BCUT2D eigenvalue weighted by molar-refractivity contribution is 6.11. The van der Waals surface area contributed by atoms with Crippen LogP contribution >= 0.6 is 0 Å². The molecule has 0 atom stereocenters. The standard InChI is InChI=1S/C28H25FN6O5/c1-5-34-24-21(22(29)14(2)31-23(24)26(37)32-18-8-6-7-17(13-18)25(30)36)28(39)35(34)19-11-9-16(10-12-19)20-15(3)40-33(4)27(20)38/h6-13H,5H2,1-4H3,(H2,30,36)(H,32,37). The van der Waals surface area contributed by atoms with E-state index in [0.29, 0.717) is 22.6 Å². The topological polar surface area (TPSA) is 147 Å². The van der Waals surface area contributed by atoms with E-state index in [1.165, 1.54) is 35.5 Å². The van der Waals surface area contributed by atoms with Gasteiger partial charge >= 0.3 is 0 Å². The number of amides is 2. The van der Waals surface area contributed by atoms with Gasteiger partial charge in [0.15, 0.2) is 11.5 Å². The average molecular weight is 545 g/mol. The molecule has 0 aliphatic rings. The van der Waals surface area contributed by atoms with Crippen molar-refractivity contribution in [2.24, 2.45) is 12.8 Å². The summed E-state index contributed by atoms with van der Waals surface area (Å²) >= 11 is 0. The number of nitrogens with zero attached hydrogens (tertiary/aromatic N) is 4. The number of aryl methyl sites for hydroxylation is 4. The molecule has 0 saturated heterocycles. The van der Waals surface area contributed by atoms with Crippen molar-refractivity contribution in [3.8, 4) is 16.8 Å². The lowest BCUT2D eigenvalue weighted by atomic mass is 10.1. The Balaban J connectivity index is 1.66. The summed E-state index contributed by atoms with van der Waals surface area (Å²) in [6.45, 7) is 5.00. The molecular weight excluding hydrogens is 519 g/mol. The van der Waals surface area contributed by atoms with Crippen LogP contribution in [-0.2, 0) is 13.6 Å². The fourth-order valence-electron chi connectivity index (χ4n) is 4.79. The average Bonchev–Trinajstić information content (AvgIpc) is 3.37. The van der Waals surface area contributed by atoms with Crippen molar-refractivity contribution in [1.29, 1.82) is 0 Å². The predicted octanol–water partition coefficient (Wildman–Crippen LogP) is 3.27. The van der Waals surface area contributed by atoms with E-state index in [0.717, 1.165) is 4.74 Å². The zero-order valence-electron chi connectivity index (χ0n) is 22.1. The van der Waals surface area contributed by atoms with Crippen molar-refractivity contribution in [3.05, 3.63) is 97.8 Å². The number of fused-ring (bicyclic) bond motifs is 1. The SMILES string of the molecule is CCn1c2c(C(=O)Nc3cccc(C(N)=O)c3)nc(C)c(F)c2c(=O)n1-c1ccc(-c2c(C)on(C)c2=O)cc1. The number of hydrogen-bond donors (Lipinski definition) is 2. The van der Waals surface area contributed by atoms with Gasteiger partial charge in [0, 0.05) is 24.8 Å². The number of anilines is 1. The normalized spacial score (nSPS) is 11.2. The van der Waals surface area contributed by atoms with Gasteiger partial charge in [-0.2, -0.15) is 4.74 Å². The summed E-state index contributed by atoms with van der Waals surface area (Å²) in [6.07, 6.45) is 0. The van der Waals surface area contributed by atoms with Gasteiger partial charge in [0.05, 0.1) is 16.9 Å². The summed E-state index contributed by atoms with van der Waals surface area (Å²) in [6, 6.07) is 12.6. The first kappa shape index (κ1) is 26.4. The Labute approximate surface area is 226 Å². The molecule has 40 heavy (non-hydrogen) atoms. The molecule has 5 aromatic rings. The molecule has 5 rings (SSSR count). The zero-order chi connectivity index (χ0) is 28.9. The minimum Gasteiger partial charge on any atom is -0.381 e. The Morgan fingerprint density at radius 2 is 1.77 bits per heavy atom. The molecule has 204 valence electrons. The number of halogens is 1. The van der Waals surface area contributed by atoms with Crippen molar-refractivity contribution in [2.45, 2.75) is 27.3 Å². The Morgan fingerprint density at radius 3 is 2.38 bits per heavy atom. The summed E-state index contributed by atoms with van der Waals surface area (Å²) in [5, 5.41) is 2.37. The van der Waals surface area contributed by atoms with Crippen LogP contribution in [0.1, 0.15) is 39.2 Å². The lowest BCUT2D eigenvalue weighted by Crippen LogP contribution is -2.21. The number of carbonyl (C=O) groups is 2. The number of hydrogen-bond acceptors (Lipinski definition) is 6. The van der Waals surface area contributed by atoms with Crippen LogP contribution in [0, 0.1) is 19.7 Å². The molecule has 0 bridgehead atoms. The van der Waals surface area contributed by atoms with Gasteiger partial charge in [-0.15, -0.1) is 0 Å². The molecule has 12 heteroatoms. The number of pyridine rings is 1. The molecule has 0 unspecified atom stereocenters. The van der Waals surface area contributed by atoms with Crippen LogP contribution in [0.5, 0.6) is 0 Å². The lowest BCUT2D eigenvalue weighted by molar-refractivity contribution is 0.0995. The second kappa shape index (κ2) is 9.80. The van der Waals surface area contributed by atoms with Gasteiger partial charge in [-0.1, -0.05) is 18.2 Å². The first-order valence-electron chi connectivity index (χ1n) is 12.3. The van der Waals surface area contributed by atoms with E-state index in [-0.39, 0.29) is 45.6 Å². The highest BCUT2D eigenvalue weighted by Gasteiger charge is 2.27. The smallest absolute Gasteiger partial charge is 0.290 e. The second-order valence-electron chi connectivity index (χ2n) is 9.19. The molecule has 2 amide bonds. The molecule has 3 N–H and O–H groups in total. The van der Waals surface area contributed by atoms with Gasteiger partial charge in [-0.05, 0) is 56.7 Å². The molecule has 0 fully saturated rings. The minimum atomic E-state index is -0.831. The third-order valence-corrected chi connectivity index (χ3v) is 6.63. The zero-order valence-corrected chi connectivity index (χ0v) is 22.1. The number of benzene rings is 2. The summed E-state index contributed by atoms with van der Waals surface area (Å²) in [7, 11) is 1.51. The van der Waals surface area contributed by atoms with Crippen molar-refractivity contribution >= 4 is 28.4 Å². The van der Waals surface area contributed by atoms with E-state index in [1.807, 2.05) is 0 Å². The summed E-state index contributed by atoms with van der Waals surface area (Å²) in [5.41, 5.74) is 5.93. The van der Waals surface area contributed by atoms with E-state index in [2.05, 4.69) is 10.3 Å². The van der Waals surface area contributed by atoms with Gasteiger partial charge in [0.25, 0.3) is 17.0 Å². The maximum absolute atomic E-state index is 15.4. The first-order valence-corrected chi connectivity index (χ1v) is 12.3. The fraction of sp³-hybridized carbons (Fsp3) is 0.179. The van der Waals surface area contributed by atoms with E-state index < -0.39 is 23.2 Å². The summed E-state index contributed by atoms with van der Waals surface area (Å²) in [4.78, 5) is 55.2. The molecule has 0 spiro atoms. The van der Waals surface area contributed by atoms with Crippen LogP contribution < -0.4 is 22.2 Å². The number of rotatable bonds is 6. The first-order chi connectivity index (χ1) is 19.0. The number of nitrogens with two attached hydrogens (primary N) is 1. The van der Waals surface area contributed by atoms with Gasteiger partial charge in [0.1, 0.15) is 16.7 Å². The van der Waals surface area contributed by atoms with Crippen LogP contribution in [0.2, 0.25) is 0 Å². The molecule has 0 radical (unpaired) electrons. The highest BCUT2D eigenvalue weighted by atomic mass is 19.1. The van der Waals surface area contributed by atoms with Gasteiger partial charge in [0.2, 0.25) is 5.91 Å². The van der Waals surface area contributed by atoms with Gasteiger partial charge in [-0.25, -0.2) is 14.1 Å². The molecule has 3 aromatic heterocycles. The number of nitrogens with one attached hydrogen (secondary N) is 1. The van der Waals surface area contributed by atoms with E-state index in [4.69, 9.17) is 10.3 Å². The van der Waals surface area contributed by atoms with Crippen LogP contribution in [0.3, 0.4) is 0 Å². The van der Waals surface area contributed by atoms with Gasteiger partial charge < -0.3 is 15.6 Å². The van der Waals surface area contributed by atoms with Gasteiger partial charge in [-0.3, -0.25) is 23.9 Å². The van der Waals surface area contributed by atoms with E-state index in [1.54, 1.807) is 50.2 Å². The minimum absolute atomic E-state index is 0.0165. The number of carbonyl (C=O) groups excluding carboxylic acids is 2. The van der Waals surface area contributed by atoms with Crippen molar-refractivity contribution in [1.82, 2.24) is 19.1 Å². The second-order valence-corrected chi connectivity index (χ2v) is 9.19. The molecule has 11 nitrogen and oxygen atoms in total. The third-order valence-electron chi connectivity index (χ3n) is 6.63. The molecule has 0 aliphatic heterocycles. The van der Waals surface area contributed by atoms with Crippen molar-refractivity contribution < 1.29 is 18.5 Å². The fourth-order valence-corrected chi connectivity index (χ4v) is 4.79. The maximum atomic E-state index is 15.4. The van der Waals surface area contributed by atoms with Crippen LogP contribution in [0.25, 0.3) is 27.7 Å². The van der Waals surface area contributed by atoms with Crippen LogP contribution in [-0.4, -0.2) is 30.9 Å².